The minimum absolute atomic E-state index is 0.323. The number of amides is 1. The third kappa shape index (κ3) is 2.88. The molecule has 2 aromatic rings. The van der Waals surface area contributed by atoms with Crippen molar-refractivity contribution >= 4 is 38.9 Å². The number of para-hydroxylation sites is 1. The number of thiophene rings is 1. The van der Waals surface area contributed by atoms with Crippen LogP contribution >= 0.6 is 27.3 Å². The fraction of sp³-hybridized carbons (Fsp3) is 0.0833. The zero-order valence-electron chi connectivity index (χ0n) is 9.24. The van der Waals surface area contributed by atoms with Gasteiger partial charge in [0, 0.05) is 21.3 Å². The number of nitrogens with two attached hydrogens (primary N) is 1. The normalized spacial score (nSPS) is 10.3. The molecule has 0 radical (unpaired) electrons. The summed E-state index contributed by atoms with van der Waals surface area (Å²) < 4.78 is 14.2. The second-order valence-corrected chi connectivity index (χ2v) is 5.47. The standard InChI is InChI=1S/C12H10BrFN2OS/c13-9-2-1-3-10(14)11(9)16-5-8-4-7(6-18-8)12(15)17/h1-4,6,16H,5H2,(H2,15,17). The van der Waals surface area contributed by atoms with Crippen LogP contribution in [0.4, 0.5) is 10.1 Å². The summed E-state index contributed by atoms with van der Waals surface area (Å²) in [5.74, 6) is -0.777. The highest BCUT2D eigenvalue weighted by atomic mass is 79.9. The summed E-state index contributed by atoms with van der Waals surface area (Å²) in [6.07, 6.45) is 0. The molecule has 2 rings (SSSR count). The first-order chi connectivity index (χ1) is 8.58. The number of anilines is 1. The van der Waals surface area contributed by atoms with Crippen LogP contribution in [0.3, 0.4) is 0 Å². The second kappa shape index (κ2) is 5.49. The van der Waals surface area contributed by atoms with Gasteiger partial charge in [0.25, 0.3) is 0 Å². The maximum atomic E-state index is 13.5. The molecule has 94 valence electrons. The van der Waals surface area contributed by atoms with Crippen LogP contribution in [-0.4, -0.2) is 5.91 Å². The molecule has 0 fully saturated rings. The molecular weight excluding hydrogens is 319 g/mol. The van der Waals surface area contributed by atoms with Crippen LogP contribution in [0.2, 0.25) is 0 Å². The summed E-state index contributed by atoms with van der Waals surface area (Å²) >= 11 is 4.68. The van der Waals surface area contributed by atoms with Crippen LogP contribution in [0.15, 0.2) is 34.1 Å². The quantitative estimate of drug-likeness (QED) is 0.904. The van der Waals surface area contributed by atoms with Gasteiger partial charge in [-0.2, -0.15) is 0 Å². The summed E-state index contributed by atoms with van der Waals surface area (Å²) in [6, 6.07) is 6.47. The average Bonchev–Trinajstić information content (AvgIpc) is 2.77. The molecule has 0 spiro atoms. The highest BCUT2D eigenvalue weighted by Gasteiger charge is 2.08. The van der Waals surface area contributed by atoms with E-state index in [0.717, 1.165) is 4.88 Å². The maximum absolute atomic E-state index is 13.5. The Morgan fingerprint density at radius 2 is 2.28 bits per heavy atom. The van der Waals surface area contributed by atoms with Gasteiger partial charge >= 0.3 is 0 Å². The summed E-state index contributed by atoms with van der Waals surface area (Å²) in [7, 11) is 0. The Hall–Kier alpha value is -1.40. The lowest BCUT2D eigenvalue weighted by Crippen LogP contribution is -2.09. The number of primary amides is 1. The average molecular weight is 329 g/mol. The predicted octanol–water partition coefficient (Wildman–Crippen LogP) is 3.36. The lowest BCUT2D eigenvalue weighted by atomic mass is 10.3. The summed E-state index contributed by atoms with van der Waals surface area (Å²) in [6.45, 7) is 0.442. The predicted molar refractivity (Wildman–Crippen MR) is 74.3 cm³/mol. The first-order valence-corrected chi connectivity index (χ1v) is 6.80. The van der Waals surface area contributed by atoms with Crippen molar-refractivity contribution in [1.82, 2.24) is 0 Å². The fourth-order valence-electron chi connectivity index (χ4n) is 1.44. The lowest BCUT2D eigenvalue weighted by molar-refractivity contribution is 0.100. The molecule has 3 N–H and O–H groups in total. The van der Waals surface area contributed by atoms with E-state index in [1.54, 1.807) is 23.6 Å². The summed E-state index contributed by atoms with van der Waals surface area (Å²) in [4.78, 5) is 11.9. The van der Waals surface area contributed by atoms with E-state index >= 15 is 0 Å². The van der Waals surface area contributed by atoms with E-state index < -0.39 is 5.91 Å². The van der Waals surface area contributed by atoms with Crippen LogP contribution in [0, 0.1) is 5.82 Å². The Kier molecular flexibility index (Phi) is 3.98. The molecule has 0 bridgehead atoms. The number of benzene rings is 1. The highest BCUT2D eigenvalue weighted by molar-refractivity contribution is 9.10. The van der Waals surface area contributed by atoms with Crippen LogP contribution in [0.25, 0.3) is 0 Å². The summed E-state index contributed by atoms with van der Waals surface area (Å²) in [5, 5.41) is 4.68. The van der Waals surface area contributed by atoms with Gasteiger partial charge in [0.1, 0.15) is 5.82 Å². The molecule has 18 heavy (non-hydrogen) atoms. The van der Waals surface area contributed by atoms with Crippen molar-refractivity contribution in [2.75, 3.05) is 5.32 Å². The first kappa shape index (κ1) is 13.0. The summed E-state index contributed by atoms with van der Waals surface area (Å²) in [5.41, 5.74) is 6.05. The van der Waals surface area contributed by atoms with Gasteiger partial charge in [0.15, 0.2) is 0 Å². The van der Waals surface area contributed by atoms with E-state index in [9.17, 15) is 9.18 Å². The zero-order valence-corrected chi connectivity index (χ0v) is 11.6. The van der Waals surface area contributed by atoms with Gasteiger partial charge in [-0.1, -0.05) is 6.07 Å². The van der Waals surface area contributed by atoms with Crippen LogP contribution < -0.4 is 11.1 Å². The number of hydrogen-bond acceptors (Lipinski definition) is 3. The van der Waals surface area contributed by atoms with E-state index in [-0.39, 0.29) is 5.82 Å². The van der Waals surface area contributed by atoms with Gasteiger partial charge in [-0.05, 0) is 34.1 Å². The Morgan fingerprint density at radius 1 is 1.50 bits per heavy atom. The van der Waals surface area contributed by atoms with Crippen LogP contribution in [0.5, 0.6) is 0 Å². The van der Waals surface area contributed by atoms with Crippen molar-refractivity contribution < 1.29 is 9.18 Å². The third-order valence-electron chi connectivity index (χ3n) is 2.34. The Bertz CT molecular complexity index is 565. The Balaban J connectivity index is 2.09. The highest BCUT2D eigenvalue weighted by Crippen LogP contribution is 2.26. The lowest BCUT2D eigenvalue weighted by Gasteiger charge is -2.08. The zero-order chi connectivity index (χ0) is 13.1. The Labute approximate surface area is 116 Å². The minimum atomic E-state index is -0.454. The molecule has 3 nitrogen and oxygen atoms in total. The van der Waals surface area contributed by atoms with Gasteiger partial charge in [-0.15, -0.1) is 11.3 Å². The number of carbonyl (C=O) groups is 1. The van der Waals surface area contributed by atoms with Crippen molar-refractivity contribution in [1.29, 1.82) is 0 Å². The largest absolute Gasteiger partial charge is 0.377 e. The molecule has 0 unspecified atom stereocenters. The topological polar surface area (TPSA) is 55.1 Å². The molecule has 0 saturated carbocycles. The van der Waals surface area contributed by atoms with Gasteiger partial charge in [-0.25, -0.2) is 4.39 Å². The number of nitrogens with one attached hydrogen (secondary N) is 1. The van der Waals surface area contributed by atoms with E-state index in [1.807, 2.05) is 0 Å². The number of rotatable bonds is 4. The maximum Gasteiger partial charge on any atom is 0.249 e. The molecule has 0 aliphatic carbocycles. The monoisotopic (exact) mass is 328 g/mol. The Morgan fingerprint density at radius 3 is 2.89 bits per heavy atom. The van der Waals surface area contributed by atoms with Crippen molar-refractivity contribution in [3.63, 3.8) is 0 Å². The SMILES string of the molecule is NC(=O)c1csc(CNc2c(F)cccc2Br)c1. The minimum Gasteiger partial charge on any atom is -0.377 e. The fourth-order valence-corrected chi connectivity index (χ4v) is 2.74. The molecule has 0 saturated heterocycles. The van der Waals surface area contributed by atoms with Crippen molar-refractivity contribution in [2.45, 2.75) is 6.54 Å². The van der Waals surface area contributed by atoms with E-state index in [4.69, 9.17) is 5.73 Å². The molecule has 0 aliphatic heterocycles. The molecule has 1 aromatic carbocycles. The van der Waals surface area contributed by atoms with Gasteiger partial charge in [-0.3, -0.25) is 4.79 Å². The molecule has 1 aromatic heterocycles. The third-order valence-corrected chi connectivity index (χ3v) is 3.94. The molecule has 1 heterocycles. The van der Waals surface area contributed by atoms with Crippen molar-refractivity contribution in [2.24, 2.45) is 5.73 Å². The van der Waals surface area contributed by atoms with Crippen LogP contribution in [-0.2, 0) is 6.54 Å². The van der Waals surface area contributed by atoms with Gasteiger partial charge in [0.2, 0.25) is 5.91 Å². The van der Waals surface area contributed by atoms with Crippen LogP contribution in [0.1, 0.15) is 15.2 Å². The number of hydrogen-bond donors (Lipinski definition) is 2. The molecule has 1 amide bonds. The van der Waals surface area contributed by atoms with Gasteiger partial charge < -0.3 is 11.1 Å². The van der Waals surface area contributed by atoms with E-state index in [2.05, 4.69) is 21.2 Å². The molecule has 0 atom stereocenters. The molecule has 6 heteroatoms. The van der Waals surface area contributed by atoms with E-state index in [0.29, 0.717) is 22.3 Å². The van der Waals surface area contributed by atoms with E-state index in [1.165, 1.54) is 17.4 Å². The molecular formula is C12H10BrFN2OS. The van der Waals surface area contributed by atoms with Crippen molar-refractivity contribution in [3.05, 3.63) is 50.4 Å². The smallest absolute Gasteiger partial charge is 0.249 e. The number of halogens is 2. The molecule has 0 aliphatic rings. The number of carbonyl (C=O) groups excluding carboxylic acids is 1. The van der Waals surface area contributed by atoms with Crippen molar-refractivity contribution in [3.8, 4) is 0 Å². The first-order valence-electron chi connectivity index (χ1n) is 5.13. The second-order valence-electron chi connectivity index (χ2n) is 3.62. The van der Waals surface area contributed by atoms with Gasteiger partial charge in [0.05, 0.1) is 11.3 Å².